The van der Waals surface area contributed by atoms with E-state index in [1.54, 1.807) is 12.3 Å². The molecule has 0 saturated heterocycles. The number of hydrogen-bond donors (Lipinski definition) is 2. The maximum absolute atomic E-state index is 14.3. The molecule has 0 aliphatic heterocycles. The second-order valence-electron chi connectivity index (χ2n) is 5.07. The Morgan fingerprint density at radius 3 is 2.75 bits per heavy atom. The molecule has 0 fully saturated rings. The average molecular weight is 343 g/mol. The summed E-state index contributed by atoms with van der Waals surface area (Å²) < 4.78 is 29.3. The highest BCUT2D eigenvalue weighted by Gasteiger charge is 2.19. The van der Waals surface area contributed by atoms with Crippen molar-refractivity contribution in [3.63, 3.8) is 0 Å². The predicted octanol–water partition coefficient (Wildman–Crippen LogP) is 3.69. The summed E-state index contributed by atoms with van der Waals surface area (Å²) in [7, 11) is 0. The van der Waals surface area contributed by atoms with Crippen LogP contribution in [-0.4, -0.2) is 14.4 Å². The number of fused-ring (bicyclic) bond motifs is 1. The van der Waals surface area contributed by atoms with Crippen LogP contribution in [0, 0.1) is 11.6 Å². The van der Waals surface area contributed by atoms with Crippen molar-refractivity contribution in [2.45, 2.75) is 0 Å². The Kier molecular flexibility index (Phi) is 3.47. The van der Waals surface area contributed by atoms with Gasteiger partial charge >= 0.3 is 0 Å². The lowest BCUT2D eigenvalue weighted by Gasteiger charge is -2.07. The quantitative estimate of drug-likeness (QED) is 0.440. The molecule has 4 aromatic rings. The van der Waals surface area contributed by atoms with E-state index in [-0.39, 0.29) is 5.56 Å². The number of thiazole rings is 1. The zero-order valence-electron chi connectivity index (χ0n) is 12.2. The van der Waals surface area contributed by atoms with Gasteiger partial charge in [0.05, 0.1) is 5.69 Å². The molecular formula is C16H11F2N5S. The summed E-state index contributed by atoms with van der Waals surface area (Å²) in [5.74, 6) is 4.56. The van der Waals surface area contributed by atoms with Gasteiger partial charge in [0, 0.05) is 35.0 Å². The second kappa shape index (κ2) is 5.66. The van der Waals surface area contributed by atoms with Gasteiger partial charge in [0.25, 0.3) is 0 Å². The third-order valence-corrected chi connectivity index (χ3v) is 4.39. The molecule has 0 radical (unpaired) electrons. The van der Waals surface area contributed by atoms with Gasteiger partial charge < -0.3 is 5.43 Å². The van der Waals surface area contributed by atoms with Gasteiger partial charge in [-0.3, -0.25) is 4.40 Å². The third kappa shape index (κ3) is 2.32. The van der Waals surface area contributed by atoms with E-state index in [4.69, 9.17) is 5.84 Å². The number of nitrogens with zero attached hydrogens (tertiary/aromatic N) is 3. The first-order chi connectivity index (χ1) is 11.7. The van der Waals surface area contributed by atoms with Crippen molar-refractivity contribution in [1.29, 1.82) is 0 Å². The lowest BCUT2D eigenvalue weighted by molar-refractivity contribution is 0.585. The molecular weight excluding hydrogens is 332 g/mol. The van der Waals surface area contributed by atoms with Crippen molar-refractivity contribution in [2.75, 3.05) is 5.43 Å². The molecule has 8 heteroatoms. The molecule has 0 bridgehead atoms. The first-order valence-electron chi connectivity index (χ1n) is 7.01. The number of pyridine rings is 1. The summed E-state index contributed by atoms with van der Waals surface area (Å²) in [4.78, 5) is 9.40. The molecule has 0 unspecified atom stereocenters. The molecule has 0 aliphatic carbocycles. The molecule has 0 saturated carbocycles. The van der Waals surface area contributed by atoms with Crippen molar-refractivity contribution in [1.82, 2.24) is 14.4 Å². The number of nitrogens with one attached hydrogen (secondary N) is 1. The maximum Gasteiger partial charge on any atom is 0.194 e. The standard InChI is InChI=1S/C16H11F2N5S/c17-10-2-3-11(12(18)7-10)14-15(23-5-6-24-16(23)21-14)9-1-4-13(22-19)20-8-9/h1-8H,19H2,(H,20,22). The van der Waals surface area contributed by atoms with E-state index in [2.05, 4.69) is 15.4 Å². The fraction of sp³-hybridized carbons (Fsp3) is 0. The van der Waals surface area contributed by atoms with E-state index in [0.29, 0.717) is 22.2 Å². The summed E-state index contributed by atoms with van der Waals surface area (Å²) in [5, 5.41) is 1.89. The van der Waals surface area contributed by atoms with E-state index in [0.717, 1.165) is 11.6 Å². The van der Waals surface area contributed by atoms with Gasteiger partial charge in [0.1, 0.15) is 23.1 Å². The van der Waals surface area contributed by atoms with E-state index >= 15 is 0 Å². The van der Waals surface area contributed by atoms with Crippen LogP contribution in [0.15, 0.2) is 48.1 Å². The lowest BCUT2D eigenvalue weighted by Crippen LogP contribution is -2.08. The van der Waals surface area contributed by atoms with Gasteiger partial charge in [0.15, 0.2) is 4.96 Å². The van der Waals surface area contributed by atoms with Crippen molar-refractivity contribution in [3.8, 4) is 22.5 Å². The monoisotopic (exact) mass is 343 g/mol. The normalized spacial score (nSPS) is 11.1. The van der Waals surface area contributed by atoms with E-state index in [9.17, 15) is 8.78 Å². The van der Waals surface area contributed by atoms with E-state index in [1.165, 1.54) is 23.5 Å². The highest BCUT2D eigenvalue weighted by atomic mass is 32.1. The van der Waals surface area contributed by atoms with Gasteiger partial charge in [0.2, 0.25) is 0 Å². The van der Waals surface area contributed by atoms with Gasteiger partial charge in [-0.25, -0.2) is 24.6 Å². The molecule has 0 spiro atoms. The van der Waals surface area contributed by atoms with Crippen LogP contribution in [0.3, 0.4) is 0 Å². The number of aromatic nitrogens is 3. The Balaban J connectivity index is 1.97. The smallest absolute Gasteiger partial charge is 0.194 e. The molecule has 0 amide bonds. The number of nitrogens with two attached hydrogens (primary N) is 1. The molecule has 0 atom stereocenters. The van der Waals surface area contributed by atoms with Gasteiger partial charge in [-0.2, -0.15) is 0 Å². The van der Waals surface area contributed by atoms with Crippen molar-refractivity contribution < 1.29 is 8.78 Å². The zero-order chi connectivity index (χ0) is 16.7. The van der Waals surface area contributed by atoms with E-state index < -0.39 is 11.6 Å². The summed E-state index contributed by atoms with van der Waals surface area (Å²) in [6, 6.07) is 6.99. The second-order valence-corrected chi connectivity index (χ2v) is 5.94. The van der Waals surface area contributed by atoms with Crippen molar-refractivity contribution in [2.24, 2.45) is 5.84 Å². The Hall–Kier alpha value is -2.84. The number of rotatable bonds is 3. The molecule has 24 heavy (non-hydrogen) atoms. The molecule has 0 aliphatic rings. The van der Waals surface area contributed by atoms with Crippen LogP contribution in [0.1, 0.15) is 0 Å². The van der Waals surface area contributed by atoms with Crippen LogP contribution < -0.4 is 11.3 Å². The summed E-state index contributed by atoms with van der Waals surface area (Å²) >= 11 is 1.43. The van der Waals surface area contributed by atoms with Crippen molar-refractivity contribution in [3.05, 3.63) is 59.7 Å². The largest absolute Gasteiger partial charge is 0.308 e. The highest BCUT2D eigenvalue weighted by Crippen LogP contribution is 2.35. The van der Waals surface area contributed by atoms with Crippen LogP contribution >= 0.6 is 11.3 Å². The predicted molar refractivity (Wildman–Crippen MR) is 89.5 cm³/mol. The number of hydrogen-bond acceptors (Lipinski definition) is 5. The maximum atomic E-state index is 14.3. The number of benzene rings is 1. The fourth-order valence-electron chi connectivity index (χ4n) is 2.55. The Morgan fingerprint density at radius 1 is 1.17 bits per heavy atom. The third-order valence-electron chi connectivity index (χ3n) is 3.63. The van der Waals surface area contributed by atoms with Gasteiger partial charge in [-0.15, -0.1) is 11.3 Å². The Bertz CT molecular complexity index is 1020. The zero-order valence-corrected chi connectivity index (χ0v) is 13.0. The number of anilines is 1. The van der Waals surface area contributed by atoms with Gasteiger partial charge in [-0.05, 0) is 24.3 Å². The molecule has 3 N–H and O–H groups in total. The molecule has 4 rings (SSSR count). The van der Waals surface area contributed by atoms with Crippen LogP contribution in [0.25, 0.3) is 27.5 Å². The molecule has 3 aromatic heterocycles. The first-order valence-corrected chi connectivity index (χ1v) is 7.89. The SMILES string of the molecule is NNc1ccc(-c2c(-c3ccc(F)cc3F)nc3sccn23)cn1. The topological polar surface area (TPSA) is 68.2 Å². The molecule has 5 nitrogen and oxygen atoms in total. The average Bonchev–Trinajstić information content (AvgIpc) is 3.16. The Labute approximate surface area is 139 Å². The first kappa shape index (κ1) is 14.7. The molecule has 120 valence electrons. The number of halogens is 2. The van der Waals surface area contributed by atoms with Crippen LogP contribution in [0.4, 0.5) is 14.6 Å². The number of hydrazine groups is 1. The van der Waals surface area contributed by atoms with Gasteiger partial charge in [-0.1, -0.05) is 0 Å². The summed E-state index contributed by atoms with van der Waals surface area (Å²) in [6.07, 6.45) is 3.48. The fourth-order valence-corrected chi connectivity index (χ4v) is 3.26. The van der Waals surface area contributed by atoms with E-state index in [1.807, 2.05) is 22.0 Å². The van der Waals surface area contributed by atoms with Crippen LogP contribution in [0.2, 0.25) is 0 Å². The number of nitrogen functional groups attached to an aromatic ring is 1. The molecule has 3 heterocycles. The minimum absolute atomic E-state index is 0.239. The van der Waals surface area contributed by atoms with Crippen LogP contribution in [0.5, 0.6) is 0 Å². The highest BCUT2D eigenvalue weighted by molar-refractivity contribution is 7.15. The Morgan fingerprint density at radius 2 is 2.04 bits per heavy atom. The molecule has 1 aromatic carbocycles. The van der Waals surface area contributed by atoms with Crippen LogP contribution in [-0.2, 0) is 0 Å². The summed E-state index contributed by atoms with van der Waals surface area (Å²) in [6.45, 7) is 0. The summed E-state index contributed by atoms with van der Waals surface area (Å²) in [5.41, 5.74) is 4.58. The minimum atomic E-state index is -0.657. The number of imidazole rings is 1. The van der Waals surface area contributed by atoms with Crippen molar-refractivity contribution >= 4 is 22.1 Å². The lowest BCUT2D eigenvalue weighted by atomic mass is 10.1. The minimum Gasteiger partial charge on any atom is -0.308 e.